The van der Waals surface area contributed by atoms with Crippen LogP contribution in [-0.2, 0) is 12.3 Å². The molecule has 0 unspecified atom stereocenters. The van der Waals surface area contributed by atoms with Crippen LogP contribution in [0.5, 0.6) is 0 Å². The van der Waals surface area contributed by atoms with Gasteiger partial charge in [0.2, 0.25) is 0 Å². The Balaban J connectivity index is 2.02. The van der Waals surface area contributed by atoms with Crippen molar-refractivity contribution in [2.24, 2.45) is 0 Å². The first-order chi connectivity index (χ1) is 8.20. The maximum Gasteiger partial charge on any atom is 0.103 e. The van der Waals surface area contributed by atoms with Gasteiger partial charge in [-0.05, 0) is 18.6 Å². The molecule has 2 nitrogen and oxygen atoms in total. The summed E-state index contributed by atoms with van der Waals surface area (Å²) < 4.78 is 0. The summed E-state index contributed by atoms with van der Waals surface area (Å²) in [6.45, 7) is 7.61. The smallest absolute Gasteiger partial charge is 0.103 e. The van der Waals surface area contributed by atoms with Gasteiger partial charge in [0, 0.05) is 29.1 Å². The SMILES string of the molecule is CCSCc1nc(C2CC2)c(CNC(C)C)s1. The molecule has 0 aliphatic heterocycles. The van der Waals surface area contributed by atoms with Crippen LogP contribution in [0.3, 0.4) is 0 Å². The van der Waals surface area contributed by atoms with E-state index in [0.717, 1.165) is 18.2 Å². The van der Waals surface area contributed by atoms with Gasteiger partial charge >= 0.3 is 0 Å². The van der Waals surface area contributed by atoms with E-state index >= 15 is 0 Å². The standard InChI is InChI=1S/C13H22N2S2/c1-4-16-8-12-15-13(10-5-6-10)11(17-12)7-14-9(2)3/h9-10,14H,4-8H2,1-3H3. The number of nitrogens with one attached hydrogen (secondary N) is 1. The highest BCUT2D eigenvalue weighted by Gasteiger charge is 2.29. The van der Waals surface area contributed by atoms with Crippen molar-refractivity contribution in [3.8, 4) is 0 Å². The Bertz CT molecular complexity index is 356. The fourth-order valence-corrected chi connectivity index (χ4v) is 3.59. The van der Waals surface area contributed by atoms with Crippen LogP contribution in [0.1, 0.15) is 55.1 Å². The Hall–Kier alpha value is -0.0600. The normalized spacial score (nSPS) is 15.8. The molecule has 1 saturated carbocycles. The first kappa shape index (κ1) is 13.4. The summed E-state index contributed by atoms with van der Waals surface area (Å²) in [5.74, 6) is 3.04. The lowest BCUT2D eigenvalue weighted by Gasteiger charge is -2.07. The third-order valence-corrected chi connectivity index (χ3v) is 4.98. The van der Waals surface area contributed by atoms with Gasteiger partial charge in [-0.1, -0.05) is 20.8 Å². The molecule has 1 aliphatic carbocycles. The zero-order valence-electron chi connectivity index (χ0n) is 11.0. The minimum atomic E-state index is 0.553. The lowest BCUT2D eigenvalue weighted by atomic mass is 10.2. The van der Waals surface area contributed by atoms with Crippen LogP contribution in [0.2, 0.25) is 0 Å². The second-order valence-corrected chi connectivity index (χ2v) is 7.31. The van der Waals surface area contributed by atoms with E-state index in [0.29, 0.717) is 6.04 Å². The van der Waals surface area contributed by atoms with Gasteiger partial charge in [0.1, 0.15) is 5.01 Å². The predicted octanol–water partition coefficient (Wildman–Crippen LogP) is 3.77. The summed E-state index contributed by atoms with van der Waals surface area (Å²) in [5, 5.41) is 4.84. The first-order valence-electron chi connectivity index (χ1n) is 6.50. The third-order valence-electron chi connectivity index (χ3n) is 2.84. The van der Waals surface area contributed by atoms with Crippen molar-refractivity contribution < 1.29 is 0 Å². The molecule has 1 aromatic heterocycles. The molecule has 0 amide bonds. The summed E-state index contributed by atoms with van der Waals surface area (Å²) in [7, 11) is 0. The zero-order valence-corrected chi connectivity index (χ0v) is 12.6. The molecule has 1 fully saturated rings. The van der Waals surface area contributed by atoms with Crippen LogP contribution in [0.4, 0.5) is 0 Å². The molecule has 1 aromatic rings. The Morgan fingerprint density at radius 1 is 1.47 bits per heavy atom. The molecule has 0 radical (unpaired) electrons. The number of aromatic nitrogens is 1. The molecule has 2 rings (SSSR count). The molecule has 0 atom stereocenters. The number of thiazole rings is 1. The highest BCUT2D eigenvalue weighted by atomic mass is 32.2. The number of thioether (sulfide) groups is 1. The third kappa shape index (κ3) is 3.97. The Kier molecular flexibility index (Phi) is 4.88. The maximum atomic E-state index is 4.85. The lowest BCUT2D eigenvalue weighted by Crippen LogP contribution is -2.21. The Morgan fingerprint density at radius 3 is 2.82 bits per heavy atom. The van der Waals surface area contributed by atoms with Gasteiger partial charge in [-0.2, -0.15) is 11.8 Å². The summed E-state index contributed by atoms with van der Waals surface area (Å²) in [6.07, 6.45) is 2.69. The van der Waals surface area contributed by atoms with Crippen LogP contribution in [-0.4, -0.2) is 16.8 Å². The van der Waals surface area contributed by atoms with Crippen molar-refractivity contribution in [2.45, 2.75) is 57.9 Å². The second-order valence-electron chi connectivity index (χ2n) is 4.86. The Morgan fingerprint density at radius 2 is 2.24 bits per heavy atom. The average molecular weight is 270 g/mol. The van der Waals surface area contributed by atoms with Crippen molar-refractivity contribution in [1.29, 1.82) is 0 Å². The molecule has 17 heavy (non-hydrogen) atoms. The van der Waals surface area contributed by atoms with Crippen molar-refractivity contribution in [3.05, 3.63) is 15.6 Å². The molecule has 1 heterocycles. The van der Waals surface area contributed by atoms with E-state index in [1.54, 1.807) is 0 Å². The van der Waals surface area contributed by atoms with Crippen molar-refractivity contribution in [2.75, 3.05) is 5.75 Å². The fraction of sp³-hybridized carbons (Fsp3) is 0.769. The zero-order chi connectivity index (χ0) is 12.3. The van der Waals surface area contributed by atoms with Gasteiger partial charge in [-0.15, -0.1) is 11.3 Å². The molecule has 1 N–H and O–H groups in total. The van der Waals surface area contributed by atoms with E-state index in [-0.39, 0.29) is 0 Å². The number of rotatable bonds is 7. The molecular weight excluding hydrogens is 248 g/mol. The maximum absolute atomic E-state index is 4.85. The minimum Gasteiger partial charge on any atom is -0.310 e. The van der Waals surface area contributed by atoms with Crippen LogP contribution in [0.25, 0.3) is 0 Å². The largest absolute Gasteiger partial charge is 0.310 e. The quantitative estimate of drug-likeness (QED) is 0.816. The highest BCUT2D eigenvalue weighted by Crippen LogP contribution is 2.43. The van der Waals surface area contributed by atoms with E-state index in [1.807, 2.05) is 23.1 Å². The van der Waals surface area contributed by atoms with Gasteiger partial charge in [-0.3, -0.25) is 0 Å². The first-order valence-corrected chi connectivity index (χ1v) is 8.47. The van der Waals surface area contributed by atoms with E-state index in [1.165, 1.54) is 34.2 Å². The van der Waals surface area contributed by atoms with Crippen LogP contribution in [0.15, 0.2) is 0 Å². The number of hydrogen-bond donors (Lipinski definition) is 1. The van der Waals surface area contributed by atoms with Crippen molar-refractivity contribution in [1.82, 2.24) is 10.3 Å². The van der Waals surface area contributed by atoms with Crippen molar-refractivity contribution >= 4 is 23.1 Å². The van der Waals surface area contributed by atoms with Crippen molar-refractivity contribution in [3.63, 3.8) is 0 Å². The molecule has 4 heteroatoms. The molecule has 96 valence electrons. The molecular formula is C13H22N2S2. The average Bonchev–Trinajstić information content (AvgIpc) is 3.05. The second kappa shape index (κ2) is 6.21. The molecule has 0 bridgehead atoms. The van der Waals surface area contributed by atoms with E-state index in [9.17, 15) is 0 Å². The van der Waals surface area contributed by atoms with Gasteiger partial charge in [-0.25, -0.2) is 4.98 Å². The number of hydrogen-bond acceptors (Lipinski definition) is 4. The summed E-state index contributed by atoms with van der Waals surface area (Å²) in [6, 6.07) is 0.553. The summed E-state index contributed by atoms with van der Waals surface area (Å²) in [5.41, 5.74) is 1.40. The summed E-state index contributed by atoms with van der Waals surface area (Å²) in [4.78, 5) is 6.32. The fourth-order valence-electron chi connectivity index (χ4n) is 1.76. The molecule has 0 aromatic carbocycles. The van der Waals surface area contributed by atoms with Crippen LogP contribution < -0.4 is 5.32 Å². The molecule has 0 saturated heterocycles. The van der Waals surface area contributed by atoms with E-state index in [4.69, 9.17) is 4.98 Å². The minimum absolute atomic E-state index is 0.553. The van der Waals surface area contributed by atoms with Gasteiger partial charge in [0.25, 0.3) is 0 Å². The topological polar surface area (TPSA) is 24.9 Å². The number of nitrogens with zero attached hydrogens (tertiary/aromatic N) is 1. The van der Waals surface area contributed by atoms with Gasteiger partial charge in [0.05, 0.1) is 5.69 Å². The van der Waals surface area contributed by atoms with Crippen LogP contribution >= 0.6 is 23.1 Å². The predicted molar refractivity (Wildman–Crippen MR) is 77.9 cm³/mol. The Labute approximate surface area is 113 Å². The lowest BCUT2D eigenvalue weighted by molar-refractivity contribution is 0.590. The van der Waals surface area contributed by atoms with Crippen LogP contribution in [0, 0.1) is 0 Å². The van der Waals surface area contributed by atoms with Gasteiger partial charge < -0.3 is 5.32 Å². The molecule has 1 aliphatic rings. The monoisotopic (exact) mass is 270 g/mol. The molecule has 0 spiro atoms. The van der Waals surface area contributed by atoms with E-state index < -0.39 is 0 Å². The van der Waals surface area contributed by atoms with E-state index in [2.05, 4.69) is 26.1 Å². The highest BCUT2D eigenvalue weighted by molar-refractivity contribution is 7.98. The van der Waals surface area contributed by atoms with Gasteiger partial charge in [0.15, 0.2) is 0 Å². The summed E-state index contributed by atoms with van der Waals surface area (Å²) >= 11 is 3.88.